The van der Waals surface area contributed by atoms with Gasteiger partial charge in [-0.2, -0.15) is 0 Å². The van der Waals surface area contributed by atoms with E-state index < -0.39 is 0 Å². The Bertz CT molecular complexity index is 712. The molecule has 2 atom stereocenters. The van der Waals surface area contributed by atoms with Crippen molar-refractivity contribution in [1.82, 2.24) is 34.9 Å². The van der Waals surface area contributed by atoms with E-state index in [1.54, 1.807) is 12.7 Å². The van der Waals surface area contributed by atoms with Crippen molar-refractivity contribution in [2.75, 3.05) is 6.54 Å². The standard InChI is InChI=1S/C11H13N7/c1-6-7(2-3-12-6)10-16-17-11-8-9(14-4-13-8)15-5-18(10)11/h4-7,12H,2-3H2,1H3,(H,13,14). The predicted molar refractivity (Wildman–Crippen MR) is 65.3 cm³/mol. The minimum absolute atomic E-state index is 0.391. The minimum Gasteiger partial charge on any atom is -0.340 e. The van der Waals surface area contributed by atoms with Gasteiger partial charge in [-0.05, 0) is 19.9 Å². The molecule has 3 aromatic heterocycles. The van der Waals surface area contributed by atoms with Crippen LogP contribution >= 0.6 is 0 Å². The lowest BCUT2D eigenvalue weighted by atomic mass is 10.0. The summed E-state index contributed by atoms with van der Waals surface area (Å²) in [5.41, 5.74) is 2.32. The molecule has 0 aliphatic carbocycles. The highest BCUT2D eigenvalue weighted by Crippen LogP contribution is 2.27. The maximum atomic E-state index is 4.34. The fourth-order valence-corrected chi connectivity index (χ4v) is 2.71. The lowest BCUT2D eigenvalue weighted by Crippen LogP contribution is -2.22. The fraction of sp³-hybridized carbons (Fsp3) is 0.455. The number of hydrogen-bond acceptors (Lipinski definition) is 5. The summed E-state index contributed by atoms with van der Waals surface area (Å²) in [5, 5.41) is 12.0. The van der Waals surface area contributed by atoms with Crippen LogP contribution in [0.1, 0.15) is 25.1 Å². The highest BCUT2D eigenvalue weighted by molar-refractivity contribution is 5.84. The van der Waals surface area contributed by atoms with E-state index in [4.69, 9.17) is 0 Å². The van der Waals surface area contributed by atoms with Crippen LogP contribution < -0.4 is 5.32 Å². The summed E-state index contributed by atoms with van der Waals surface area (Å²) in [7, 11) is 0. The van der Waals surface area contributed by atoms with Gasteiger partial charge in [0.25, 0.3) is 0 Å². The second-order valence-corrected chi connectivity index (χ2v) is 4.74. The Labute approximate surface area is 103 Å². The van der Waals surface area contributed by atoms with E-state index in [0.717, 1.165) is 30.0 Å². The average molecular weight is 243 g/mol. The van der Waals surface area contributed by atoms with Gasteiger partial charge in [0.1, 0.15) is 17.7 Å². The molecule has 3 aromatic rings. The zero-order valence-electron chi connectivity index (χ0n) is 9.96. The van der Waals surface area contributed by atoms with Crippen molar-refractivity contribution < 1.29 is 0 Å². The third-order valence-electron chi connectivity index (χ3n) is 3.72. The van der Waals surface area contributed by atoms with Gasteiger partial charge in [0.05, 0.1) is 6.33 Å². The quantitative estimate of drug-likeness (QED) is 0.649. The van der Waals surface area contributed by atoms with Gasteiger partial charge in [-0.15, -0.1) is 10.2 Å². The molecule has 0 aromatic carbocycles. The Morgan fingerprint density at radius 1 is 1.33 bits per heavy atom. The van der Waals surface area contributed by atoms with Gasteiger partial charge < -0.3 is 10.3 Å². The van der Waals surface area contributed by atoms with E-state index in [9.17, 15) is 0 Å². The van der Waals surface area contributed by atoms with Crippen LogP contribution in [0, 0.1) is 0 Å². The van der Waals surface area contributed by atoms with Gasteiger partial charge in [0, 0.05) is 12.0 Å². The van der Waals surface area contributed by atoms with Crippen molar-refractivity contribution in [3.8, 4) is 0 Å². The van der Waals surface area contributed by atoms with Crippen LogP contribution in [0.4, 0.5) is 0 Å². The van der Waals surface area contributed by atoms with Crippen LogP contribution in [0.3, 0.4) is 0 Å². The molecule has 7 nitrogen and oxygen atoms in total. The number of nitrogens with zero attached hydrogens (tertiary/aromatic N) is 5. The molecule has 2 unspecified atom stereocenters. The lowest BCUT2D eigenvalue weighted by molar-refractivity contribution is 0.563. The molecular weight excluding hydrogens is 230 g/mol. The van der Waals surface area contributed by atoms with Crippen LogP contribution in [0.2, 0.25) is 0 Å². The SMILES string of the molecule is CC1NCCC1c1nnc2c3[nH]cnc3ncn12. The van der Waals surface area contributed by atoms with Gasteiger partial charge in [-0.1, -0.05) is 0 Å². The summed E-state index contributed by atoms with van der Waals surface area (Å²) in [6.45, 7) is 3.21. The van der Waals surface area contributed by atoms with E-state index in [2.05, 4.69) is 37.4 Å². The first-order valence-corrected chi connectivity index (χ1v) is 6.10. The number of aromatic amines is 1. The predicted octanol–water partition coefficient (Wildman–Crippen LogP) is 0.466. The second-order valence-electron chi connectivity index (χ2n) is 4.74. The number of nitrogens with one attached hydrogen (secondary N) is 2. The summed E-state index contributed by atoms with van der Waals surface area (Å²) < 4.78 is 1.97. The summed E-state index contributed by atoms with van der Waals surface area (Å²) in [5.74, 6) is 1.37. The van der Waals surface area contributed by atoms with Gasteiger partial charge in [-0.25, -0.2) is 9.97 Å². The molecule has 92 valence electrons. The highest BCUT2D eigenvalue weighted by Gasteiger charge is 2.29. The summed E-state index contributed by atoms with van der Waals surface area (Å²) in [6.07, 6.45) is 4.48. The van der Waals surface area contributed by atoms with Crippen LogP contribution in [0.25, 0.3) is 16.8 Å². The number of rotatable bonds is 1. The summed E-state index contributed by atoms with van der Waals surface area (Å²) in [6, 6.07) is 0.426. The first-order chi connectivity index (χ1) is 8.84. The van der Waals surface area contributed by atoms with Crippen molar-refractivity contribution in [2.45, 2.75) is 25.3 Å². The molecular formula is C11H13N7. The van der Waals surface area contributed by atoms with E-state index in [1.807, 2.05) is 4.40 Å². The maximum Gasteiger partial charge on any atom is 0.189 e. The number of H-pyrrole nitrogens is 1. The largest absolute Gasteiger partial charge is 0.340 e. The molecule has 7 heteroatoms. The molecule has 18 heavy (non-hydrogen) atoms. The molecule has 0 bridgehead atoms. The van der Waals surface area contributed by atoms with Crippen molar-refractivity contribution in [3.05, 3.63) is 18.5 Å². The molecule has 0 amide bonds. The molecule has 4 rings (SSSR count). The second kappa shape index (κ2) is 3.49. The van der Waals surface area contributed by atoms with E-state index in [1.165, 1.54) is 0 Å². The van der Waals surface area contributed by atoms with Crippen molar-refractivity contribution in [2.24, 2.45) is 0 Å². The molecule has 0 saturated carbocycles. The van der Waals surface area contributed by atoms with Crippen molar-refractivity contribution in [1.29, 1.82) is 0 Å². The van der Waals surface area contributed by atoms with Gasteiger partial charge >= 0.3 is 0 Å². The highest BCUT2D eigenvalue weighted by atomic mass is 15.3. The number of fused-ring (bicyclic) bond motifs is 3. The molecule has 1 aliphatic rings. The zero-order chi connectivity index (χ0) is 12.1. The number of imidazole rings is 1. The molecule has 4 heterocycles. The molecule has 0 spiro atoms. The Kier molecular flexibility index (Phi) is 1.93. The number of hydrogen-bond donors (Lipinski definition) is 2. The molecule has 1 fully saturated rings. The van der Waals surface area contributed by atoms with Gasteiger partial charge in [-0.3, -0.25) is 4.40 Å². The number of aromatic nitrogens is 6. The first kappa shape index (κ1) is 9.95. The van der Waals surface area contributed by atoms with Crippen LogP contribution in [0.5, 0.6) is 0 Å². The Hall–Kier alpha value is -2.02. The van der Waals surface area contributed by atoms with E-state index in [0.29, 0.717) is 17.6 Å². The minimum atomic E-state index is 0.391. The molecule has 0 radical (unpaired) electrons. The monoisotopic (exact) mass is 243 g/mol. The van der Waals surface area contributed by atoms with Gasteiger partial charge in [0.2, 0.25) is 0 Å². The molecule has 2 N–H and O–H groups in total. The Morgan fingerprint density at radius 2 is 2.28 bits per heavy atom. The zero-order valence-corrected chi connectivity index (χ0v) is 9.96. The normalized spacial score (nSPS) is 24.3. The first-order valence-electron chi connectivity index (χ1n) is 6.10. The lowest BCUT2D eigenvalue weighted by Gasteiger charge is -2.12. The van der Waals surface area contributed by atoms with E-state index in [-0.39, 0.29) is 0 Å². The molecule has 1 aliphatic heterocycles. The summed E-state index contributed by atoms with van der Waals surface area (Å²) >= 11 is 0. The van der Waals surface area contributed by atoms with Gasteiger partial charge in [0.15, 0.2) is 11.3 Å². The Morgan fingerprint density at radius 3 is 3.11 bits per heavy atom. The summed E-state index contributed by atoms with van der Waals surface area (Å²) in [4.78, 5) is 11.5. The smallest absolute Gasteiger partial charge is 0.189 e. The maximum absolute atomic E-state index is 4.34. The molecule has 1 saturated heterocycles. The van der Waals surface area contributed by atoms with Crippen LogP contribution in [-0.2, 0) is 0 Å². The van der Waals surface area contributed by atoms with Crippen molar-refractivity contribution in [3.63, 3.8) is 0 Å². The fourth-order valence-electron chi connectivity index (χ4n) is 2.71. The van der Waals surface area contributed by atoms with E-state index >= 15 is 0 Å². The average Bonchev–Trinajstić information content (AvgIpc) is 3.04. The third-order valence-corrected chi connectivity index (χ3v) is 3.72. The topological polar surface area (TPSA) is 83.8 Å². The Balaban J connectivity index is 1.96. The third kappa shape index (κ3) is 1.22. The van der Waals surface area contributed by atoms with Crippen LogP contribution in [0.15, 0.2) is 12.7 Å². The van der Waals surface area contributed by atoms with Crippen molar-refractivity contribution >= 4 is 16.8 Å². The van der Waals surface area contributed by atoms with Crippen LogP contribution in [-0.4, -0.2) is 42.1 Å².